The Bertz CT molecular complexity index is 889. The van der Waals surface area contributed by atoms with Gasteiger partial charge in [-0.1, -0.05) is 78.8 Å². The number of hydrazine groups is 1. The summed E-state index contributed by atoms with van der Waals surface area (Å²) in [7, 11) is 0. The molecule has 4 heteroatoms. The molecule has 3 rings (SSSR count). The molecule has 0 radical (unpaired) electrons. The summed E-state index contributed by atoms with van der Waals surface area (Å²) in [5.41, 5.74) is 9.72. The molecule has 0 fully saturated rings. The lowest BCUT2D eigenvalue weighted by Crippen LogP contribution is -2.35. The van der Waals surface area contributed by atoms with Crippen LogP contribution in [0.4, 0.5) is 0 Å². The van der Waals surface area contributed by atoms with Gasteiger partial charge in [-0.3, -0.25) is 15.6 Å². The van der Waals surface area contributed by atoms with Crippen LogP contribution in [0.15, 0.2) is 85.4 Å². The second-order valence-electron chi connectivity index (χ2n) is 5.51. The van der Waals surface area contributed by atoms with E-state index in [1.807, 2.05) is 42.5 Å². The van der Waals surface area contributed by atoms with Gasteiger partial charge in [-0.15, -0.1) is 0 Å². The summed E-state index contributed by atoms with van der Waals surface area (Å²) < 4.78 is 0. The number of nitrogens with one attached hydrogen (secondary N) is 2. The summed E-state index contributed by atoms with van der Waals surface area (Å²) in [4.78, 5) is 12.1. The molecule has 25 heavy (non-hydrogen) atoms. The van der Waals surface area contributed by atoms with Gasteiger partial charge in [0.15, 0.2) is 0 Å². The first-order valence-electron chi connectivity index (χ1n) is 7.80. The van der Waals surface area contributed by atoms with E-state index in [-0.39, 0.29) is 5.91 Å². The van der Waals surface area contributed by atoms with Crippen molar-refractivity contribution in [2.75, 3.05) is 0 Å². The van der Waals surface area contributed by atoms with E-state index in [1.54, 1.807) is 24.3 Å². The van der Waals surface area contributed by atoms with Gasteiger partial charge in [0.2, 0.25) is 0 Å². The van der Waals surface area contributed by atoms with Gasteiger partial charge < -0.3 is 0 Å². The molecule has 124 valence electrons. The van der Waals surface area contributed by atoms with Gasteiger partial charge in [0.05, 0.1) is 5.70 Å². The molecular weight excluding hydrogens is 332 g/mol. The maximum Gasteiger partial charge on any atom is 0.269 e. The Balaban J connectivity index is 1.63. The molecule has 0 aliphatic carbocycles. The standard InChI is InChI=1S/C21H17ClN2O/c1-15(23-24-21(25)19-8-5-9-20(22)14-19)16-10-12-18(13-11-16)17-6-3-2-4-7-17/h2-14,23H,1H2,(H,24,25). The smallest absolute Gasteiger partial charge is 0.269 e. The van der Waals surface area contributed by atoms with Crippen LogP contribution in [-0.2, 0) is 0 Å². The van der Waals surface area contributed by atoms with E-state index in [1.165, 1.54) is 0 Å². The highest BCUT2D eigenvalue weighted by Gasteiger charge is 2.06. The zero-order valence-electron chi connectivity index (χ0n) is 13.5. The van der Waals surface area contributed by atoms with E-state index in [9.17, 15) is 4.79 Å². The average molecular weight is 349 g/mol. The zero-order chi connectivity index (χ0) is 17.6. The van der Waals surface area contributed by atoms with Crippen LogP contribution in [0.1, 0.15) is 15.9 Å². The number of carbonyl (C=O) groups excluding carboxylic acids is 1. The summed E-state index contributed by atoms with van der Waals surface area (Å²) in [5.74, 6) is -0.274. The topological polar surface area (TPSA) is 41.1 Å². The molecule has 0 aliphatic rings. The van der Waals surface area contributed by atoms with E-state index in [0.29, 0.717) is 16.3 Å². The average Bonchev–Trinajstić information content (AvgIpc) is 2.66. The third-order valence-electron chi connectivity index (χ3n) is 3.75. The number of benzene rings is 3. The lowest BCUT2D eigenvalue weighted by molar-refractivity contribution is 0.0942. The molecule has 0 saturated heterocycles. The van der Waals surface area contributed by atoms with Crippen molar-refractivity contribution in [3.8, 4) is 11.1 Å². The molecular formula is C21H17ClN2O. The summed E-state index contributed by atoms with van der Waals surface area (Å²) in [6.45, 7) is 3.96. The second kappa shape index (κ2) is 7.69. The number of carbonyl (C=O) groups is 1. The Morgan fingerprint density at radius 1 is 0.760 bits per heavy atom. The molecule has 0 atom stereocenters. The SMILES string of the molecule is C=C(NNC(=O)c1cccc(Cl)c1)c1ccc(-c2ccccc2)cc1. The van der Waals surface area contributed by atoms with Gasteiger partial charge in [0.25, 0.3) is 5.91 Å². The van der Waals surface area contributed by atoms with Crippen LogP contribution >= 0.6 is 11.6 Å². The van der Waals surface area contributed by atoms with Crippen LogP contribution in [-0.4, -0.2) is 5.91 Å². The van der Waals surface area contributed by atoms with Crippen molar-refractivity contribution in [3.63, 3.8) is 0 Å². The molecule has 0 bridgehead atoms. The molecule has 2 N–H and O–H groups in total. The third-order valence-corrected chi connectivity index (χ3v) is 3.99. The molecule has 0 unspecified atom stereocenters. The van der Waals surface area contributed by atoms with Crippen LogP contribution in [0.2, 0.25) is 5.02 Å². The van der Waals surface area contributed by atoms with E-state index < -0.39 is 0 Å². The lowest BCUT2D eigenvalue weighted by Gasteiger charge is -2.12. The summed E-state index contributed by atoms with van der Waals surface area (Å²) in [5, 5.41) is 0.517. The molecule has 0 heterocycles. The summed E-state index contributed by atoms with van der Waals surface area (Å²) in [6, 6.07) is 24.9. The van der Waals surface area contributed by atoms with Crippen LogP contribution in [0.25, 0.3) is 16.8 Å². The highest BCUT2D eigenvalue weighted by Crippen LogP contribution is 2.20. The van der Waals surface area contributed by atoms with Crippen molar-refractivity contribution in [2.24, 2.45) is 0 Å². The number of rotatable bonds is 5. The van der Waals surface area contributed by atoms with Gasteiger partial charge in [0, 0.05) is 10.6 Å². The van der Waals surface area contributed by atoms with E-state index >= 15 is 0 Å². The predicted octanol–water partition coefficient (Wildman–Crippen LogP) is 4.91. The first-order chi connectivity index (χ1) is 12.1. The molecule has 1 amide bonds. The maximum absolute atomic E-state index is 12.1. The predicted molar refractivity (Wildman–Crippen MR) is 103 cm³/mol. The van der Waals surface area contributed by atoms with E-state index in [4.69, 9.17) is 11.6 Å². The van der Waals surface area contributed by atoms with Crippen molar-refractivity contribution < 1.29 is 4.79 Å². The second-order valence-corrected chi connectivity index (χ2v) is 5.95. The molecule has 3 aromatic carbocycles. The van der Waals surface area contributed by atoms with Gasteiger partial charge in [-0.05, 0) is 34.9 Å². The van der Waals surface area contributed by atoms with Crippen molar-refractivity contribution >= 4 is 23.2 Å². The monoisotopic (exact) mass is 348 g/mol. The fourth-order valence-electron chi connectivity index (χ4n) is 2.40. The fourth-order valence-corrected chi connectivity index (χ4v) is 2.59. The van der Waals surface area contributed by atoms with Gasteiger partial charge in [-0.2, -0.15) is 0 Å². The molecule has 3 aromatic rings. The highest BCUT2D eigenvalue weighted by atomic mass is 35.5. The van der Waals surface area contributed by atoms with Gasteiger partial charge in [-0.25, -0.2) is 0 Å². The van der Waals surface area contributed by atoms with Crippen molar-refractivity contribution in [2.45, 2.75) is 0 Å². The van der Waals surface area contributed by atoms with Crippen LogP contribution in [0.5, 0.6) is 0 Å². The Kier molecular flexibility index (Phi) is 5.17. The molecule has 0 spiro atoms. The van der Waals surface area contributed by atoms with E-state index in [0.717, 1.165) is 16.7 Å². The number of halogens is 1. The maximum atomic E-state index is 12.1. The number of hydrogen-bond acceptors (Lipinski definition) is 2. The Hall–Kier alpha value is -3.04. The Labute approximate surface area is 151 Å². The van der Waals surface area contributed by atoms with Crippen LogP contribution in [0, 0.1) is 0 Å². The molecule has 0 saturated carbocycles. The van der Waals surface area contributed by atoms with Gasteiger partial charge >= 0.3 is 0 Å². The van der Waals surface area contributed by atoms with Crippen molar-refractivity contribution in [1.82, 2.24) is 10.9 Å². The Morgan fingerprint density at radius 3 is 2.12 bits per heavy atom. The van der Waals surface area contributed by atoms with Crippen molar-refractivity contribution in [1.29, 1.82) is 0 Å². The Morgan fingerprint density at radius 2 is 1.44 bits per heavy atom. The first-order valence-corrected chi connectivity index (χ1v) is 8.18. The minimum atomic E-state index is -0.274. The minimum Gasteiger partial charge on any atom is -0.298 e. The van der Waals surface area contributed by atoms with Gasteiger partial charge in [0.1, 0.15) is 0 Å². The highest BCUT2D eigenvalue weighted by molar-refractivity contribution is 6.30. The molecule has 0 aliphatic heterocycles. The minimum absolute atomic E-state index is 0.274. The first kappa shape index (κ1) is 16.8. The fraction of sp³-hybridized carbons (Fsp3) is 0. The van der Waals surface area contributed by atoms with Crippen LogP contribution < -0.4 is 10.9 Å². The zero-order valence-corrected chi connectivity index (χ0v) is 14.3. The normalized spacial score (nSPS) is 10.1. The summed E-state index contributed by atoms with van der Waals surface area (Å²) >= 11 is 5.89. The number of hydrogen-bond donors (Lipinski definition) is 2. The van der Waals surface area contributed by atoms with E-state index in [2.05, 4.69) is 29.6 Å². The third kappa shape index (κ3) is 4.28. The quantitative estimate of drug-likeness (QED) is 0.643. The van der Waals surface area contributed by atoms with Crippen molar-refractivity contribution in [3.05, 3.63) is 102 Å². The molecule has 3 nitrogen and oxygen atoms in total. The summed E-state index contributed by atoms with van der Waals surface area (Å²) in [6.07, 6.45) is 0. The van der Waals surface area contributed by atoms with Crippen LogP contribution in [0.3, 0.4) is 0 Å². The lowest BCUT2D eigenvalue weighted by atomic mass is 10.0. The largest absolute Gasteiger partial charge is 0.298 e. The molecule has 0 aromatic heterocycles. The number of amides is 1.